The normalized spacial score (nSPS) is 17.4. The number of hydrogen-bond donors (Lipinski definition) is 1. The van der Waals surface area contributed by atoms with Gasteiger partial charge in [-0.1, -0.05) is 30.3 Å². The van der Waals surface area contributed by atoms with Crippen LogP contribution in [0.5, 0.6) is 0 Å². The van der Waals surface area contributed by atoms with Gasteiger partial charge in [-0.15, -0.1) is 12.4 Å². The number of rotatable bonds is 4. The summed E-state index contributed by atoms with van der Waals surface area (Å²) < 4.78 is 4.30. The van der Waals surface area contributed by atoms with Gasteiger partial charge in [-0.25, -0.2) is 4.98 Å². The first-order valence-corrected chi connectivity index (χ1v) is 6.74. The van der Waals surface area contributed by atoms with Gasteiger partial charge in [0, 0.05) is 5.56 Å². The maximum Gasteiger partial charge on any atom is 0.173 e. The Bertz CT molecular complexity index is 554. The third kappa shape index (κ3) is 3.18. The minimum atomic E-state index is 0. The average Bonchev–Trinajstić information content (AvgIpc) is 2.76. The molecule has 0 bridgehead atoms. The van der Waals surface area contributed by atoms with Crippen LogP contribution in [-0.2, 0) is 11.2 Å². The number of benzene rings is 1. The van der Waals surface area contributed by atoms with E-state index in [-0.39, 0.29) is 24.2 Å². The molecule has 4 nitrogen and oxygen atoms in total. The summed E-state index contributed by atoms with van der Waals surface area (Å²) in [5.41, 5.74) is 0.995. The van der Waals surface area contributed by atoms with E-state index in [1.807, 2.05) is 30.3 Å². The van der Waals surface area contributed by atoms with E-state index >= 15 is 0 Å². The van der Waals surface area contributed by atoms with Gasteiger partial charge in [0.1, 0.15) is 5.01 Å². The summed E-state index contributed by atoms with van der Waals surface area (Å²) in [6.45, 7) is 0.946. The number of Topliss-reactive ketones (excluding diaryl/α,β-unsaturated/α-hetero) is 1. The summed E-state index contributed by atoms with van der Waals surface area (Å²) in [4.78, 5) is 16.2. The molecule has 0 unspecified atom stereocenters. The van der Waals surface area contributed by atoms with E-state index in [0.29, 0.717) is 12.2 Å². The summed E-state index contributed by atoms with van der Waals surface area (Å²) in [7, 11) is 0. The second-order valence-corrected chi connectivity index (χ2v) is 5.15. The Hall–Kier alpha value is -1.30. The monoisotopic (exact) mass is 295 g/mol. The molecule has 1 saturated heterocycles. The molecular weight excluding hydrogens is 282 g/mol. The molecule has 1 aliphatic heterocycles. The standard InChI is InChI=1S/C13H13N3OS.ClH/c17-11(10-6-7-14-10)8-12-15-13(16-18-12)9-4-2-1-3-5-9;/h1-5,10,14H,6-8H2;1H/t10-;/m0./s1. The number of halogens is 1. The molecule has 3 rings (SSSR count). The van der Waals surface area contributed by atoms with Crippen molar-refractivity contribution in [3.05, 3.63) is 35.3 Å². The summed E-state index contributed by atoms with van der Waals surface area (Å²) >= 11 is 1.31. The van der Waals surface area contributed by atoms with E-state index in [4.69, 9.17) is 0 Å². The fraction of sp³-hybridized carbons (Fsp3) is 0.308. The van der Waals surface area contributed by atoms with Gasteiger partial charge < -0.3 is 5.32 Å². The van der Waals surface area contributed by atoms with Gasteiger partial charge in [0.25, 0.3) is 0 Å². The quantitative estimate of drug-likeness (QED) is 0.938. The lowest BCUT2D eigenvalue weighted by atomic mass is 10.0. The summed E-state index contributed by atoms with van der Waals surface area (Å²) in [5, 5.41) is 3.91. The Balaban J connectivity index is 0.00000133. The predicted molar refractivity (Wildman–Crippen MR) is 77.7 cm³/mol. The third-order valence-corrected chi connectivity index (χ3v) is 3.75. The van der Waals surface area contributed by atoms with Crippen molar-refractivity contribution in [2.75, 3.05) is 6.54 Å². The third-order valence-electron chi connectivity index (χ3n) is 3.04. The first-order valence-electron chi connectivity index (χ1n) is 5.97. The van der Waals surface area contributed by atoms with Crippen molar-refractivity contribution in [1.82, 2.24) is 14.7 Å². The Morgan fingerprint density at radius 3 is 2.74 bits per heavy atom. The number of carbonyl (C=O) groups excluding carboxylic acids is 1. The predicted octanol–water partition coefficient (Wildman–Crippen LogP) is 2.10. The Labute approximate surface area is 121 Å². The summed E-state index contributed by atoms with van der Waals surface area (Å²) in [5.74, 6) is 0.932. The molecule has 0 saturated carbocycles. The second-order valence-electron chi connectivity index (χ2n) is 4.32. The molecule has 1 N–H and O–H groups in total. The van der Waals surface area contributed by atoms with Crippen LogP contribution in [0.15, 0.2) is 30.3 Å². The average molecular weight is 296 g/mol. The van der Waals surface area contributed by atoms with E-state index in [9.17, 15) is 4.79 Å². The highest BCUT2D eigenvalue weighted by atomic mass is 35.5. The largest absolute Gasteiger partial charge is 0.307 e. The smallest absolute Gasteiger partial charge is 0.173 e. The zero-order chi connectivity index (χ0) is 12.4. The first kappa shape index (κ1) is 14.1. The van der Waals surface area contributed by atoms with Crippen LogP contribution in [0.3, 0.4) is 0 Å². The van der Waals surface area contributed by atoms with Crippen molar-refractivity contribution < 1.29 is 4.79 Å². The van der Waals surface area contributed by atoms with Gasteiger partial charge in [0.2, 0.25) is 0 Å². The molecule has 0 radical (unpaired) electrons. The van der Waals surface area contributed by atoms with Crippen molar-refractivity contribution in [2.45, 2.75) is 18.9 Å². The molecule has 6 heteroatoms. The Morgan fingerprint density at radius 2 is 2.11 bits per heavy atom. The van der Waals surface area contributed by atoms with E-state index in [2.05, 4.69) is 14.7 Å². The fourth-order valence-corrected chi connectivity index (χ4v) is 2.54. The summed E-state index contributed by atoms with van der Waals surface area (Å²) in [6.07, 6.45) is 1.34. The van der Waals surface area contributed by atoms with Gasteiger partial charge in [-0.3, -0.25) is 4.79 Å². The molecule has 100 valence electrons. The van der Waals surface area contributed by atoms with Crippen LogP contribution in [0, 0.1) is 0 Å². The SMILES string of the molecule is Cl.O=C(Cc1nc(-c2ccccc2)ns1)[C@@H]1CCN1. The lowest BCUT2D eigenvalue weighted by Gasteiger charge is -2.25. The number of hydrogen-bond acceptors (Lipinski definition) is 5. The van der Waals surface area contributed by atoms with Gasteiger partial charge in [-0.05, 0) is 24.5 Å². The number of nitrogens with zero attached hydrogens (tertiary/aromatic N) is 2. The molecule has 2 heterocycles. The second kappa shape index (κ2) is 6.23. The van der Waals surface area contributed by atoms with Crippen LogP contribution in [0.25, 0.3) is 11.4 Å². The van der Waals surface area contributed by atoms with E-state index < -0.39 is 0 Å². The van der Waals surface area contributed by atoms with Crippen molar-refractivity contribution in [2.24, 2.45) is 0 Å². The van der Waals surface area contributed by atoms with Crippen LogP contribution in [0.1, 0.15) is 11.4 Å². The van der Waals surface area contributed by atoms with Crippen molar-refractivity contribution in [1.29, 1.82) is 0 Å². The molecule has 1 aromatic heterocycles. The maximum atomic E-state index is 11.8. The van der Waals surface area contributed by atoms with Crippen molar-refractivity contribution in [3.8, 4) is 11.4 Å². The summed E-state index contributed by atoms with van der Waals surface area (Å²) in [6, 6.07) is 9.86. The highest BCUT2D eigenvalue weighted by Crippen LogP contribution is 2.18. The van der Waals surface area contributed by atoms with Crippen LogP contribution in [0.4, 0.5) is 0 Å². The zero-order valence-corrected chi connectivity index (χ0v) is 11.8. The Kier molecular flexibility index (Phi) is 4.63. The number of carbonyl (C=O) groups is 1. The van der Waals surface area contributed by atoms with Crippen molar-refractivity contribution in [3.63, 3.8) is 0 Å². The van der Waals surface area contributed by atoms with E-state index in [1.165, 1.54) is 11.5 Å². The minimum Gasteiger partial charge on any atom is -0.307 e. The van der Waals surface area contributed by atoms with Crippen molar-refractivity contribution >= 4 is 29.7 Å². The molecule has 0 aliphatic carbocycles. The molecule has 2 aromatic rings. The molecule has 0 amide bonds. The fourth-order valence-electron chi connectivity index (χ4n) is 1.87. The topological polar surface area (TPSA) is 54.9 Å². The Morgan fingerprint density at radius 1 is 1.37 bits per heavy atom. The van der Waals surface area contributed by atoms with Crippen LogP contribution in [0.2, 0.25) is 0 Å². The molecule has 1 atom stereocenters. The number of nitrogens with one attached hydrogen (secondary N) is 1. The molecule has 1 aromatic carbocycles. The number of ketones is 1. The van der Waals surface area contributed by atoms with Crippen LogP contribution >= 0.6 is 23.9 Å². The number of aromatic nitrogens is 2. The highest BCUT2D eigenvalue weighted by Gasteiger charge is 2.25. The molecule has 1 aliphatic rings. The van der Waals surface area contributed by atoms with E-state index in [1.54, 1.807) is 0 Å². The molecule has 19 heavy (non-hydrogen) atoms. The van der Waals surface area contributed by atoms with E-state index in [0.717, 1.165) is 23.5 Å². The zero-order valence-electron chi connectivity index (χ0n) is 10.2. The van der Waals surface area contributed by atoms with Gasteiger partial charge in [0.15, 0.2) is 11.6 Å². The lowest BCUT2D eigenvalue weighted by Crippen LogP contribution is -2.49. The van der Waals surface area contributed by atoms with Gasteiger partial charge in [-0.2, -0.15) is 4.37 Å². The lowest BCUT2D eigenvalue weighted by molar-refractivity contribution is -0.121. The minimum absolute atomic E-state index is 0. The van der Waals surface area contributed by atoms with Crippen LogP contribution < -0.4 is 5.32 Å². The highest BCUT2D eigenvalue weighted by molar-refractivity contribution is 7.05. The first-order chi connectivity index (χ1) is 8.83. The van der Waals surface area contributed by atoms with Gasteiger partial charge >= 0.3 is 0 Å². The maximum absolute atomic E-state index is 11.8. The van der Waals surface area contributed by atoms with Crippen LogP contribution in [-0.4, -0.2) is 27.7 Å². The molecule has 1 fully saturated rings. The van der Waals surface area contributed by atoms with Gasteiger partial charge in [0.05, 0.1) is 12.5 Å². The molecular formula is C13H14ClN3OS. The molecule has 0 spiro atoms.